The number of carbonyl (C=O) groups excluding carboxylic acids is 2. The lowest BCUT2D eigenvalue weighted by molar-refractivity contribution is -0.384. The van der Waals surface area contributed by atoms with Crippen LogP contribution in [0.15, 0.2) is 47.3 Å². The Kier molecular flexibility index (Phi) is 5.21. The van der Waals surface area contributed by atoms with Gasteiger partial charge >= 0.3 is 11.9 Å². The van der Waals surface area contributed by atoms with Crippen LogP contribution >= 0.6 is 0 Å². The highest BCUT2D eigenvalue weighted by Crippen LogP contribution is 2.40. The summed E-state index contributed by atoms with van der Waals surface area (Å²) in [4.78, 5) is 36.8. The number of allylic oxidation sites excluding steroid dienone is 1. The average molecular weight is 346 g/mol. The third-order valence-electron chi connectivity index (χ3n) is 4.09. The Hall–Kier alpha value is -3.16. The first-order chi connectivity index (χ1) is 11.8. The van der Waals surface area contributed by atoms with Gasteiger partial charge in [-0.15, -0.1) is 0 Å². The normalized spacial score (nSPS) is 17.0. The maximum Gasteiger partial charge on any atom is 0.336 e. The van der Waals surface area contributed by atoms with Gasteiger partial charge in [0.25, 0.3) is 5.69 Å². The van der Waals surface area contributed by atoms with E-state index in [-0.39, 0.29) is 16.8 Å². The molecule has 0 saturated heterocycles. The summed E-state index contributed by atoms with van der Waals surface area (Å²) < 4.78 is 9.68. The fourth-order valence-electron chi connectivity index (χ4n) is 2.76. The van der Waals surface area contributed by atoms with E-state index in [0.29, 0.717) is 11.3 Å². The van der Waals surface area contributed by atoms with E-state index < -0.39 is 22.8 Å². The quantitative estimate of drug-likeness (QED) is 0.468. The Morgan fingerprint density at radius 3 is 2.40 bits per heavy atom. The van der Waals surface area contributed by atoms with Gasteiger partial charge in [-0.05, 0) is 12.5 Å². The number of carbonyl (C=O) groups is 2. The van der Waals surface area contributed by atoms with Crippen LogP contribution in [0.3, 0.4) is 0 Å². The van der Waals surface area contributed by atoms with E-state index in [2.05, 4.69) is 0 Å². The average Bonchev–Trinajstić information content (AvgIpc) is 2.62. The molecule has 2 rings (SSSR count). The van der Waals surface area contributed by atoms with Crippen molar-refractivity contribution in [2.45, 2.75) is 12.8 Å². The predicted octanol–water partition coefficient (Wildman–Crippen LogP) is 2.13. The van der Waals surface area contributed by atoms with E-state index in [9.17, 15) is 19.7 Å². The van der Waals surface area contributed by atoms with Gasteiger partial charge in [-0.2, -0.15) is 0 Å². The lowest BCUT2D eigenvalue weighted by Crippen LogP contribution is -2.30. The number of nitrogens with zero attached hydrogens (tertiary/aromatic N) is 2. The molecule has 0 N–H and O–H groups in total. The fraction of sp³-hybridized carbons (Fsp3) is 0.294. The highest BCUT2D eigenvalue weighted by molar-refractivity contribution is 5.99. The summed E-state index contributed by atoms with van der Waals surface area (Å²) in [5, 5.41) is 11.1. The van der Waals surface area contributed by atoms with Crippen LogP contribution < -0.4 is 0 Å². The molecule has 1 aromatic carbocycles. The van der Waals surface area contributed by atoms with Crippen LogP contribution in [-0.4, -0.2) is 43.0 Å². The Balaban J connectivity index is 2.70. The van der Waals surface area contributed by atoms with Crippen molar-refractivity contribution >= 4 is 17.6 Å². The van der Waals surface area contributed by atoms with Crippen molar-refractivity contribution in [2.75, 3.05) is 21.3 Å². The Labute approximate surface area is 144 Å². The minimum atomic E-state index is -0.823. The van der Waals surface area contributed by atoms with Gasteiger partial charge < -0.3 is 14.4 Å². The Bertz CT molecular complexity index is 796. The monoisotopic (exact) mass is 346 g/mol. The number of nitro benzene ring substituents is 1. The molecular weight excluding hydrogens is 328 g/mol. The molecule has 8 nitrogen and oxygen atoms in total. The molecule has 8 heteroatoms. The van der Waals surface area contributed by atoms with Crippen LogP contribution in [0.25, 0.3) is 0 Å². The first kappa shape index (κ1) is 18.2. The smallest absolute Gasteiger partial charge is 0.336 e. The molecule has 1 aromatic rings. The number of methoxy groups -OCH3 is 2. The molecule has 25 heavy (non-hydrogen) atoms. The minimum Gasteiger partial charge on any atom is -0.466 e. The number of nitro groups is 1. The number of non-ortho nitro benzene ring substituents is 1. The van der Waals surface area contributed by atoms with Gasteiger partial charge in [0.15, 0.2) is 0 Å². The molecule has 0 fully saturated rings. The molecule has 1 aliphatic rings. The summed E-state index contributed by atoms with van der Waals surface area (Å²) in [6.45, 7) is 1.71. The van der Waals surface area contributed by atoms with E-state index in [0.717, 1.165) is 0 Å². The van der Waals surface area contributed by atoms with Crippen molar-refractivity contribution in [3.8, 4) is 0 Å². The van der Waals surface area contributed by atoms with Crippen molar-refractivity contribution in [1.29, 1.82) is 0 Å². The summed E-state index contributed by atoms with van der Waals surface area (Å²) in [6.07, 6.45) is 1.55. The minimum absolute atomic E-state index is 0.137. The highest BCUT2D eigenvalue weighted by atomic mass is 16.6. The van der Waals surface area contributed by atoms with Crippen molar-refractivity contribution in [2.24, 2.45) is 0 Å². The topological polar surface area (TPSA) is 99.0 Å². The molecule has 0 saturated carbocycles. The summed E-state index contributed by atoms with van der Waals surface area (Å²) in [7, 11) is 4.16. The maximum absolute atomic E-state index is 12.4. The molecule has 0 spiro atoms. The van der Waals surface area contributed by atoms with Gasteiger partial charge in [0, 0.05) is 31.1 Å². The van der Waals surface area contributed by atoms with E-state index in [4.69, 9.17) is 9.47 Å². The van der Waals surface area contributed by atoms with Crippen LogP contribution in [-0.2, 0) is 19.1 Å². The van der Waals surface area contributed by atoms with Gasteiger partial charge in [0.2, 0.25) is 0 Å². The molecule has 132 valence electrons. The third kappa shape index (κ3) is 3.37. The Morgan fingerprint density at radius 2 is 1.84 bits per heavy atom. The second-order valence-electron chi connectivity index (χ2n) is 5.46. The molecule has 0 radical (unpaired) electrons. The van der Waals surface area contributed by atoms with Crippen LogP contribution in [0.4, 0.5) is 5.69 Å². The number of benzene rings is 1. The molecule has 0 aromatic heterocycles. The van der Waals surface area contributed by atoms with E-state index in [1.54, 1.807) is 31.1 Å². The van der Waals surface area contributed by atoms with E-state index in [1.165, 1.54) is 32.4 Å². The number of rotatable bonds is 4. The number of ether oxygens (including phenoxy) is 2. The molecule has 0 bridgehead atoms. The standard InChI is InChI=1S/C17H18N2O6/c1-10-14(17(21)25-4)15(13(9-18(10)2)16(20)24-3)11-6-5-7-12(8-11)19(22)23/h5-9,15H,1-4H3. The van der Waals surface area contributed by atoms with Crippen LogP contribution in [0.2, 0.25) is 0 Å². The lowest BCUT2D eigenvalue weighted by atomic mass is 9.81. The van der Waals surface area contributed by atoms with Crippen molar-refractivity contribution in [3.63, 3.8) is 0 Å². The SMILES string of the molecule is COC(=O)C1=CN(C)C(C)=C(C(=O)OC)C1c1cccc([N+](=O)[O-])c1. The Morgan fingerprint density at radius 1 is 1.20 bits per heavy atom. The van der Waals surface area contributed by atoms with Crippen LogP contribution in [0, 0.1) is 10.1 Å². The first-order valence-corrected chi connectivity index (χ1v) is 7.38. The van der Waals surface area contributed by atoms with Gasteiger partial charge in [-0.1, -0.05) is 12.1 Å². The molecule has 1 heterocycles. The second kappa shape index (κ2) is 7.16. The zero-order chi connectivity index (χ0) is 18.7. The number of esters is 2. The zero-order valence-corrected chi connectivity index (χ0v) is 14.3. The number of hydrogen-bond donors (Lipinski definition) is 0. The van der Waals surface area contributed by atoms with E-state index in [1.807, 2.05) is 0 Å². The largest absolute Gasteiger partial charge is 0.466 e. The van der Waals surface area contributed by atoms with Gasteiger partial charge in [0.05, 0.1) is 36.2 Å². The van der Waals surface area contributed by atoms with Crippen molar-refractivity contribution in [3.05, 3.63) is 63.0 Å². The maximum atomic E-state index is 12.4. The highest BCUT2D eigenvalue weighted by Gasteiger charge is 2.37. The summed E-state index contributed by atoms with van der Waals surface area (Å²) in [5.74, 6) is -2.07. The first-order valence-electron chi connectivity index (χ1n) is 7.38. The van der Waals surface area contributed by atoms with Crippen LogP contribution in [0.5, 0.6) is 0 Å². The molecule has 1 unspecified atom stereocenters. The summed E-state index contributed by atoms with van der Waals surface area (Å²) >= 11 is 0. The third-order valence-corrected chi connectivity index (χ3v) is 4.09. The molecular formula is C17H18N2O6. The van der Waals surface area contributed by atoms with Gasteiger partial charge in [-0.25, -0.2) is 9.59 Å². The van der Waals surface area contributed by atoms with Gasteiger partial charge in [-0.3, -0.25) is 10.1 Å². The van der Waals surface area contributed by atoms with Crippen LogP contribution in [0.1, 0.15) is 18.4 Å². The second-order valence-corrected chi connectivity index (χ2v) is 5.46. The molecule has 0 amide bonds. The lowest BCUT2D eigenvalue weighted by Gasteiger charge is -2.31. The summed E-state index contributed by atoms with van der Waals surface area (Å²) in [5.41, 5.74) is 1.29. The fourth-order valence-corrected chi connectivity index (χ4v) is 2.76. The van der Waals surface area contributed by atoms with Crippen molar-refractivity contribution in [1.82, 2.24) is 4.90 Å². The van der Waals surface area contributed by atoms with E-state index >= 15 is 0 Å². The molecule has 1 aliphatic heterocycles. The summed E-state index contributed by atoms with van der Waals surface area (Å²) in [6, 6.07) is 5.80. The zero-order valence-electron chi connectivity index (χ0n) is 14.3. The molecule has 0 aliphatic carbocycles. The van der Waals surface area contributed by atoms with Crippen molar-refractivity contribution < 1.29 is 24.0 Å². The predicted molar refractivity (Wildman–Crippen MR) is 88.4 cm³/mol. The number of hydrogen-bond acceptors (Lipinski definition) is 7. The molecule has 1 atom stereocenters. The van der Waals surface area contributed by atoms with Gasteiger partial charge in [0.1, 0.15) is 0 Å².